The van der Waals surface area contributed by atoms with Gasteiger partial charge in [-0.2, -0.15) is 0 Å². The Labute approximate surface area is 112 Å². The Morgan fingerprint density at radius 2 is 1.95 bits per heavy atom. The number of carbonyl (C=O) groups is 2. The van der Waals surface area contributed by atoms with Gasteiger partial charge in [0.15, 0.2) is 0 Å². The van der Waals surface area contributed by atoms with E-state index in [2.05, 4.69) is 4.74 Å². The molecule has 0 N–H and O–H groups in total. The van der Waals surface area contributed by atoms with Gasteiger partial charge in [0, 0.05) is 13.1 Å². The van der Waals surface area contributed by atoms with Gasteiger partial charge < -0.3 is 9.47 Å². The molecule has 1 aromatic carbocycles. The summed E-state index contributed by atoms with van der Waals surface area (Å²) in [6.07, 6.45) is 0. The minimum atomic E-state index is -0.271. The molecule has 19 heavy (non-hydrogen) atoms. The van der Waals surface area contributed by atoms with E-state index in [1.54, 1.807) is 0 Å². The van der Waals surface area contributed by atoms with Gasteiger partial charge in [-0.1, -0.05) is 30.3 Å². The Morgan fingerprint density at radius 3 is 2.58 bits per heavy atom. The maximum absolute atomic E-state index is 11.6. The molecule has 0 aliphatic carbocycles. The van der Waals surface area contributed by atoms with Gasteiger partial charge in [0.1, 0.15) is 6.61 Å². The van der Waals surface area contributed by atoms with Crippen LogP contribution in [0.15, 0.2) is 30.3 Å². The average Bonchev–Trinajstić information content (AvgIpc) is 2.40. The minimum Gasteiger partial charge on any atom is -0.469 e. The molecule has 1 saturated heterocycles. The van der Waals surface area contributed by atoms with Crippen molar-refractivity contribution in [3.63, 3.8) is 0 Å². The van der Waals surface area contributed by atoms with Crippen molar-refractivity contribution < 1.29 is 19.1 Å². The molecule has 0 bridgehead atoms. The van der Waals surface area contributed by atoms with Crippen molar-refractivity contribution in [2.24, 2.45) is 5.92 Å². The maximum Gasteiger partial charge on any atom is 0.320 e. The van der Waals surface area contributed by atoms with E-state index in [4.69, 9.17) is 4.74 Å². The highest BCUT2D eigenvalue weighted by atomic mass is 16.5. The molecule has 1 aliphatic heterocycles. The van der Waals surface area contributed by atoms with Crippen LogP contribution >= 0.6 is 0 Å². The first-order valence-corrected chi connectivity index (χ1v) is 6.19. The monoisotopic (exact) mass is 263 g/mol. The Kier molecular flexibility index (Phi) is 4.52. The molecule has 1 aliphatic rings. The number of hydrogen-bond acceptors (Lipinski definition) is 5. The standard InChI is InChI=1S/C14H17NO4/c1-18-14(17)12-7-15(8-12)9-13(16)19-10-11-5-3-2-4-6-11/h2-6,12H,7-10H2,1H3. The third-order valence-corrected chi connectivity index (χ3v) is 3.09. The lowest BCUT2D eigenvalue weighted by Crippen LogP contribution is -2.52. The van der Waals surface area contributed by atoms with Crippen molar-refractivity contribution in [3.05, 3.63) is 35.9 Å². The summed E-state index contributed by atoms with van der Waals surface area (Å²) in [5.41, 5.74) is 0.965. The van der Waals surface area contributed by atoms with Crippen LogP contribution in [0.2, 0.25) is 0 Å². The van der Waals surface area contributed by atoms with Crippen LogP contribution in [-0.4, -0.2) is 43.6 Å². The molecule has 0 spiro atoms. The molecule has 0 saturated carbocycles. The number of esters is 2. The first kappa shape index (κ1) is 13.5. The molecular formula is C14H17NO4. The highest BCUT2D eigenvalue weighted by Crippen LogP contribution is 2.16. The molecule has 102 valence electrons. The number of carbonyl (C=O) groups excluding carboxylic acids is 2. The lowest BCUT2D eigenvalue weighted by atomic mass is 10.0. The zero-order valence-corrected chi connectivity index (χ0v) is 10.9. The summed E-state index contributed by atoms with van der Waals surface area (Å²) in [5.74, 6) is -0.590. The van der Waals surface area contributed by atoms with Crippen LogP contribution in [0.25, 0.3) is 0 Å². The van der Waals surface area contributed by atoms with E-state index >= 15 is 0 Å². The van der Waals surface area contributed by atoms with Crippen LogP contribution in [-0.2, 0) is 25.7 Å². The lowest BCUT2D eigenvalue weighted by molar-refractivity contribution is -0.156. The molecule has 0 radical (unpaired) electrons. The summed E-state index contributed by atoms with van der Waals surface area (Å²) in [5, 5.41) is 0. The molecule has 0 aromatic heterocycles. The fourth-order valence-corrected chi connectivity index (χ4v) is 1.98. The van der Waals surface area contributed by atoms with Crippen LogP contribution in [0.4, 0.5) is 0 Å². The van der Waals surface area contributed by atoms with E-state index in [0.29, 0.717) is 13.1 Å². The SMILES string of the molecule is COC(=O)C1CN(CC(=O)OCc2ccccc2)C1. The molecule has 1 heterocycles. The summed E-state index contributed by atoms with van der Waals surface area (Å²) in [4.78, 5) is 24.6. The lowest BCUT2D eigenvalue weighted by Gasteiger charge is -2.36. The highest BCUT2D eigenvalue weighted by Gasteiger charge is 2.34. The molecular weight excluding hydrogens is 246 g/mol. The number of benzene rings is 1. The van der Waals surface area contributed by atoms with E-state index in [-0.39, 0.29) is 31.0 Å². The summed E-state index contributed by atoms with van der Waals surface area (Å²) < 4.78 is 9.79. The van der Waals surface area contributed by atoms with Gasteiger partial charge in [-0.3, -0.25) is 14.5 Å². The largest absolute Gasteiger partial charge is 0.469 e. The Bertz CT molecular complexity index is 440. The van der Waals surface area contributed by atoms with E-state index in [1.165, 1.54) is 7.11 Å². The predicted molar refractivity (Wildman–Crippen MR) is 68.2 cm³/mol. The molecule has 5 nitrogen and oxygen atoms in total. The van der Waals surface area contributed by atoms with Crippen molar-refractivity contribution in [2.75, 3.05) is 26.7 Å². The average molecular weight is 263 g/mol. The van der Waals surface area contributed by atoms with Crippen LogP contribution in [0.1, 0.15) is 5.56 Å². The zero-order valence-electron chi connectivity index (χ0n) is 10.9. The number of nitrogens with zero attached hydrogens (tertiary/aromatic N) is 1. The second-order valence-electron chi connectivity index (χ2n) is 4.56. The predicted octanol–water partition coefficient (Wildman–Crippen LogP) is 0.835. The summed E-state index contributed by atoms with van der Waals surface area (Å²) in [6.45, 7) is 1.63. The van der Waals surface area contributed by atoms with Crippen LogP contribution in [0, 0.1) is 5.92 Å². The van der Waals surface area contributed by atoms with Crippen molar-refractivity contribution in [1.29, 1.82) is 0 Å². The van der Waals surface area contributed by atoms with E-state index < -0.39 is 0 Å². The molecule has 1 fully saturated rings. The number of hydrogen-bond donors (Lipinski definition) is 0. The van der Waals surface area contributed by atoms with Gasteiger partial charge in [-0.05, 0) is 5.56 Å². The number of methoxy groups -OCH3 is 1. The smallest absolute Gasteiger partial charge is 0.320 e. The molecule has 2 rings (SSSR count). The van der Waals surface area contributed by atoms with Crippen LogP contribution in [0.5, 0.6) is 0 Å². The maximum atomic E-state index is 11.6. The van der Waals surface area contributed by atoms with Crippen molar-refractivity contribution >= 4 is 11.9 Å². The van der Waals surface area contributed by atoms with Crippen molar-refractivity contribution in [1.82, 2.24) is 4.90 Å². The van der Waals surface area contributed by atoms with Gasteiger partial charge in [-0.15, -0.1) is 0 Å². The van der Waals surface area contributed by atoms with Gasteiger partial charge >= 0.3 is 11.9 Å². The number of likely N-dealkylation sites (tertiary alicyclic amines) is 1. The van der Waals surface area contributed by atoms with Gasteiger partial charge in [0.2, 0.25) is 0 Å². The first-order chi connectivity index (χ1) is 9.19. The van der Waals surface area contributed by atoms with Crippen molar-refractivity contribution in [2.45, 2.75) is 6.61 Å². The molecule has 0 amide bonds. The summed E-state index contributed by atoms with van der Waals surface area (Å²) >= 11 is 0. The molecule has 1 aromatic rings. The Morgan fingerprint density at radius 1 is 1.26 bits per heavy atom. The fraction of sp³-hybridized carbons (Fsp3) is 0.429. The van der Waals surface area contributed by atoms with Crippen molar-refractivity contribution in [3.8, 4) is 0 Å². The van der Waals surface area contributed by atoms with Gasteiger partial charge in [-0.25, -0.2) is 0 Å². The van der Waals surface area contributed by atoms with Crippen LogP contribution in [0.3, 0.4) is 0 Å². The second-order valence-corrected chi connectivity index (χ2v) is 4.56. The quantitative estimate of drug-likeness (QED) is 0.737. The fourth-order valence-electron chi connectivity index (χ4n) is 1.98. The van der Waals surface area contributed by atoms with Gasteiger partial charge in [0.25, 0.3) is 0 Å². The van der Waals surface area contributed by atoms with E-state index in [0.717, 1.165) is 5.56 Å². The second kappa shape index (κ2) is 6.33. The third kappa shape index (κ3) is 3.79. The topological polar surface area (TPSA) is 55.8 Å². The first-order valence-electron chi connectivity index (χ1n) is 6.19. The number of rotatable bonds is 5. The minimum absolute atomic E-state index is 0.105. The third-order valence-electron chi connectivity index (χ3n) is 3.09. The van der Waals surface area contributed by atoms with Crippen LogP contribution < -0.4 is 0 Å². The normalized spacial score (nSPS) is 15.6. The van der Waals surface area contributed by atoms with E-state index in [9.17, 15) is 9.59 Å². The van der Waals surface area contributed by atoms with E-state index in [1.807, 2.05) is 35.2 Å². The molecule has 0 unspecified atom stereocenters. The Hall–Kier alpha value is -1.88. The molecule has 5 heteroatoms. The Balaban J connectivity index is 1.65. The molecule has 0 atom stereocenters. The van der Waals surface area contributed by atoms with Gasteiger partial charge in [0.05, 0.1) is 19.6 Å². The zero-order chi connectivity index (χ0) is 13.7. The number of ether oxygens (including phenoxy) is 2. The summed E-state index contributed by atoms with van der Waals surface area (Å²) in [6, 6.07) is 9.53. The summed E-state index contributed by atoms with van der Waals surface area (Å²) in [7, 11) is 1.37. The highest BCUT2D eigenvalue weighted by molar-refractivity contribution is 5.75.